The number of carbonyl (C=O) groups excluding carboxylic acids is 1. The van der Waals surface area contributed by atoms with Gasteiger partial charge in [0.1, 0.15) is 11.5 Å². The van der Waals surface area contributed by atoms with Crippen LogP contribution in [-0.2, 0) is 4.79 Å². The number of anilines is 1. The number of nitrogens with one attached hydrogen (secondary N) is 3. The lowest BCUT2D eigenvalue weighted by atomic mass is 9.95. The van der Waals surface area contributed by atoms with Crippen LogP contribution in [0.2, 0.25) is 0 Å². The first kappa shape index (κ1) is 20.5. The minimum absolute atomic E-state index is 0.0287. The maximum Gasteiger partial charge on any atom is 0.387 e. The average molecular weight is 419 g/mol. The highest BCUT2D eigenvalue weighted by Crippen LogP contribution is 2.31. The van der Waals surface area contributed by atoms with E-state index in [2.05, 4.69) is 20.7 Å². The molecule has 1 aliphatic heterocycles. The van der Waals surface area contributed by atoms with Crippen molar-refractivity contribution in [2.24, 2.45) is 0 Å². The van der Waals surface area contributed by atoms with Gasteiger partial charge in [0.05, 0.1) is 24.4 Å². The molecule has 0 aliphatic carbocycles. The van der Waals surface area contributed by atoms with Crippen molar-refractivity contribution in [3.63, 3.8) is 0 Å². The molecule has 0 aromatic heterocycles. The SMILES string of the molecule is COc1ccccc1NC(=O)C1=C(C)NC(=S)N[C@@H]1c1ccc(OC(F)F)cc1. The molecule has 3 N–H and O–H groups in total. The van der Waals surface area contributed by atoms with Gasteiger partial charge in [-0.15, -0.1) is 0 Å². The Morgan fingerprint density at radius 2 is 1.86 bits per heavy atom. The predicted molar refractivity (Wildman–Crippen MR) is 109 cm³/mol. The van der Waals surface area contributed by atoms with Crippen LogP contribution in [0.5, 0.6) is 11.5 Å². The van der Waals surface area contributed by atoms with Crippen molar-refractivity contribution >= 4 is 28.9 Å². The Labute approximate surface area is 171 Å². The number of hydrogen-bond donors (Lipinski definition) is 3. The van der Waals surface area contributed by atoms with Crippen LogP contribution in [0.25, 0.3) is 0 Å². The number of allylic oxidation sites excluding steroid dienone is 1. The quantitative estimate of drug-likeness (QED) is 0.620. The predicted octanol–water partition coefficient (Wildman–Crippen LogP) is 3.73. The van der Waals surface area contributed by atoms with E-state index in [4.69, 9.17) is 17.0 Å². The third-order valence-corrected chi connectivity index (χ3v) is 4.53. The van der Waals surface area contributed by atoms with Gasteiger partial charge < -0.3 is 25.4 Å². The molecular formula is C20H19F2N3O3S. The van der Waals surface area contributed by atoms with Gasteiger partial charge in [-0.25, -0.2) is 0 Å². The summed E-state index contributed by atoms with van der Waals surface area (Å²) in [6, 6.07) is 12.5. The zero-order valence-corrected chi connectivity index (χ0v) is 16.5. The molecule has 1 aliphatic rings. The van der Waals surface area contributed by atoms with E-state index in [9.17, 15) is 13.6 Å². The van der Waals surface area contributed by atoms with E-state index < -0.39 is 12.7 Å². The number of para-hydroxylation sites is 2. The number of carbonyl (C=O) groups is 1. The Hall–Kier alpha value is -3.20. The maximum atomic E-state index is 13.1. The van der Waals surface area contributed by atoms with Gasteiger partial charge in [0.25, 0.3) is 5.91 Å². The fraction of sp³-hybridized carbons (Fsp3) is 0.200. The molecule has 6 nitrogen and oxygen atoms in total. The first-order chi connectivity index (χ1) is 13.9. The van der Waals surface area contributed by atoms with Gasteiger partial charge in [0.2, 0.25) is 0 Å². The highest BCUT2D eigenvalue weighted by molar-refractivity contribution is 7.80. The van der Waals surface area contributed by atoms with E-state index in [0.717, 1.165) is 0 Å². The molecular weight excluding hydrogens is 400 g/mol. The van der Waals surface area contributed by atoms with Crippen molar-refractivity contribution in [1.82, 2.24) is 10.6 Å². The third kappa shape index (κ3) is 4.80. The second kappa shape index (κ2) is 8.87. The topological polar surface area (TPSA) is 71.6 Å². The van der Waals surface area contributed by atoms with Crippen LogP contribution in [-0.4, -0.2) is 24.7 Å². The van der Waals surface area contributed by atoms with E-state index in [1.807, 2.05) is 0 Å². The van der Waals surface area contributed by atoms with Gasteiger partial charge >= 0.3 is 6.61 Å². The molecule has 29 heavy (non-hydrogen) atoms. The third-order valence-electron chi connectivity index (χ3n) is 4.31. The normalized spacial score (nSPS) is 16.2. The monoisotopic (exact) mass is 419 g/mol. The number of methoxy groups -OCH3 is 1. The lowest BCUT2D eigenvalue weighted by molar-refractivity contribution is -0.113. The molecule has 2 aromatic rings. The van der Waals surface area contributed by atoms with Crippen LogP contribution >= 0.6 is 12.2 Å². The zero-order valence-electron chi connectivity index (χ0n) is 15.7. The molecule has 0 spiro atoms. The van der Waals surface area contributed by atoms with E-state index in [0.29, 0.717) is 33.4 Å². The van der Waals surface area contributed by atoms with Gasteiger partial charge in [-0.05, 0) is 49.0 Å². The van der Waals surface area contributed by atoms with Crippen LogP contribution in [0.3, 0.4) is 0 Å². The largest absolute Gasteiger partial charge is 0.495 e. The fourth-order valence-corrected chi connectivity index (χ4v) is 3.30. The van der Waals surface area contributed by atoms with E-state index in [1.54, 1.807) is 43.3 Å². The summed E-state index contributed by atoms with van der Waals surface area (Å²) in [6.07, 6.45) is 0. The number of alkyl halides is 2. The molecule has 0 saturated heterocycles. The molecule has 9 heteroatoms. The molecule has 0 bridgehead atoms. The van der Waals surface area contributed by atoms with Gasteiger partial charge in [0.15, 0.2) is 5.11 Å². The highest BCUT2D eigenvalue weighted by atomic mass is 32.1. The van der Waals surface area contributed by atoms with E-state index in [1.165, 1.54) is 19.2 Å². The Morgan fingerprint density at radius 1 is 1.17 bits per heavy atom. The lowest BCUT2D eigenvalue weighted by Gasteiger charge is -2.30. The minimum atomic E-state index is -2.91. The molecule has 2 aromatic carbocycles. The molecule has 3 rings (SSSR count). The standard InChI is InChI=1S/C20H19F2N3O3S/c1-11-16(18(26)24-14-5-3-4-6-15(14)27-2)17(25-20(29)23-11)12-7-9-13(10-8-12)28-19(21)22/h3-10,17,19H,1-2H3,(H,24,26)(H2,23,25,29)/t17-/m1/s1. The summed E-state index contributed by atoms with van der Waals surface area (Å²) in [5.74, 6) is 0.199. The summed E-state index contributed by atoms with van der Waals surface area (Å²) in [5, 5.41) is 9.20. The van der Waals surface area contributed by atoms with Crippen molar-refractivity contribution in [3.05, 3.63) is 65.4 Å². The van der Waals surface area contributed by atoms with Crippen LogP contribution in [0.4, 0.5) is 14.5 Å². The zero-order chi connectivity index (χ0) is 21.0. The number of thiocarbonyl (C=S) groups is 1. The minimum Gasteiger partial charge on any atom is -0.495 e. The summed E-state index contributed by atoms with van der Waals surface area (Å²) in [6.45, 7) is -1.17. The number of ether oxygens (including phenoxy) is 2. The highest BCUT2D eigenvalue weighted by Gasteiger charge is 2.30. The summed E-state index contributed by atoms with van der Waals surface area (Å²) in [4.78, 5) is 13.1. The summed E-state index contributed by atoms with van der Waals surface area (Å²) in [5.41, 5.74) is 2.18. The average Bonchev–Trinajstić information content (AvgIpc) is 2.67. The van der Waals surface area contributed by atoms with Gasteiger partial charge in [-0.2, -0.15) is 8.78 Å². The number of benzene rings is 2. The lowest BCUT2D eigenvalue weighted by Crippen LogP contribution is -2.45. The smallest absolute Gasteiger partial charge is 0.387 e. The number of hydrogen-bond acceptors (Lipinski definition) is 4. The second-order valence-electron chi connectivity index (χ2n) is 6.17. The second-order valence-corrected chi connectivity index (χ2v) is 6.58. The summed E-state index contributed by atoms with van der Waals surface area (Å²) < 4.78 is 34.4. The molecule has 152 valence electrons. The van der Waals surface area contributed by atoms with Gasteiger partial charge in [0, 0.05) is 5.70 Å². The molecule has 0 saturated carbocycles. The van der Waals surface area contributed by atoms with Crippen molar-refractivity contribution < 1.29 is 23.0 Å². The molecule has 1 heterocycles. The summed E-state index contributed by atoms with van der Waals surface area (Å²) >= 11 is 5.22. The molecule has 1 amide bonds. The van der Waals surface area contributed by atoms with E-state index >= 15 is 0 Å². The number of halogens is 2. The van der Waals surface area contributed by atoms with Crippen LogP contribution in [0.15, 0.2) is 59.8 Å². The molecule has 0 unspecified atom stereocenters. The Kier molecular flexibility index (Phi) is 6.28. The van der Waals surface area contributed by atoms with Gasteiger partial charge in [-0.1, -0.05) is 24.3 Å². The molecule has 1 atom stereocenters. The molecule has 0 fully saturated rings. The van der Waals surface area contributed by atoms with Crippen molar-refractivity contribution in [2.45, 2.75) is 19.6 Å². The Morgan fingerprint density at radius 3 is 2.52 bits per heavy atom. The maximum absolute atomic E-state index is 13.1. The fourth-order valence-electron chi connectivity index (χ4n) is 3.02. The Bertz CT molecular complexity index is 948. The van der Waals surface area contributed by atoms with Crippen LogP contribution in [0, 0.1) is 0 Å². The molecule has 0 radical (unpaired) electrons. The number of amides is 1. The van der Waals surface area contributed by atoms with Crippen molar-refractivity contribution in [2.75, 3.05) is 12.4 Å². The van der Waals surface area contributed by atoms with Crippen LogP contribution < -0.4 is 25.4 Å². The van der Waals surface area contributed by atoms with Gasteiger partial charge in [-0.3, -0.25) is 4.79 Å². The first-order valence-electron chi connectivity index (χ1n) is 8.66. The van der Waals surface area contributed by atoms with Crippen molar-refractivity contribution in [3.8, 4) is 11.5 Å². The van der Waals surface area contributed by atoms with E-state index in [-0.39, 0.29) is 11.7 Å². The Balaban J connectivity index is 1.90. The van der Waals surface area contributed by atoms with Crippen molar-refractivity contribution in [1.29, 1.82) is 0 Å². The van der Waals surface area contributed by atoms with Crippen LogP contribution in [0.1, 0.15) is 18.5 Å². The number of rotatable bonds is 6. The first-order valence-corrected chi connectivity index (χ1v) is 9.07. The summed E-state index contributed by atoms with van der Waals surface area (Å²) in [7, 11) is 1.52.